The van der Waals surface area contributed by atoms with Gasteiger partial charge in [0.15, 0.2) is 17.1 Å². The maximum atomic E-state index is 12.0. The van der Waals surface area contributed by atoms with Crippen molar-refractivity contribution in [2.24, 2.45) is 0 Å². The van der Waals surface area contributed by atoms with Gasteiger partial charge in [-0.2, -0.15) is 0 Å². The number of carbonyl (C=O) groups is 1. The Morgan fingerprint density at radius 2 is 2.12 bits per heavy atom. The van der Waals surface area contributed by atoms with Crippen molar-refractivity contribution in [1.29, 1.82) is 0 Å². The number of ether oxygens (including phenoxy) is 1. The number of para-hydroxylation sites is 1. The van der Waals surface area contributed by atoms with Crippen LogP contribution in [0.5, 0.6) is 5.75 Å². The molecule has 1 N–H and O–H groups in total. The molecule has 8 nitrogen and oxygen atoms in total. The molecule has 1 atom stereocenters. The smallest absolute Gasteiger partial charge is 0.236 e. The van der Waals surface area contributed by atoms with Crippen molar-refractivity contribution in [3.63, 3.8) is 0 Å². The minimum absolute atomic E-state index is 0.160. The highest BCUT2D eigenvalue weighted by Gasteiger charge is 2.19. The summed E-state index contributed by atoms with van der Waals surface area (Å²) in [6, 6.07) is 9.58. The lowest BCUT2D eigenvalue weighted by atomic mass is 10.3. The Bertz CT molecular complexity index is 838. The van der Waals surface area contributed by atoms with E-state index in [1.54, 1.807) is 5.51 Å². The molecular formula is C16H18N6O2S2. The van der Waals surface area contributed by atoms with Crippen LogP contribution in [0.15, 0.2) is 41.0 Å². The molecule has 0 unspecified atom stereocenters. The number of aromatic nitrogens is 5. The summed E-state index contributed by atoms with van der Waals surface area (Å²) in [5, 5.41) is 19.8. The van der Waals surface area contributed by atoms with E-state index in [0.717, 1.165) is 11.6 Å². The standard InChI is InChI=1S/C16H18N6O2S2/c1-3-22-14(11(2)24-12-7-5-4-6-8-12)19-21-16(22)25-9-13(23)18-15-20-17-10-26-15/h4-8,10-11H,3,9H2,1-2H3,(H,18,20,23)/t11-/m0/s1. The molecule has 0 spiro atoms. The summed E-state index contributed by atoms with van der Waals surface area (Å²) in [6.45, 7) is 4.62. The zero-order chi connectivity index (χ0) is 18.4. The summed E-state index contributed by atoms with van der Waals surface area (Å²) >= 11 is 2.60. The zero-order valence-corrected chi connectivity index (χ0v) is 16.0. The molecule has 2 aromatic heterocycles. The van der Waals surface area contributed by atoms with Crippen LogP contribution in [-0.2, 0) is 11.3 Å². The van der Waals surface area contributed by atoms with E-state index in [0.29, 0.717) is 16.8 Å². The van der Waals surface area contributed by atoms with Crippen LogP contribution >= 0.6 is 23.1 Å². The summed E-state index contributed by atoms with van der Waals surface area (Å²) in [6.07, 6.45) is -0.255. The Balaban J connectivity index is 1.63. The number of hydrogen-bond donors (Lipinski definition) is 1. The molecule has 10 heteroatoms. The van der Waals surface area contributed by atoms with E-state index in [4.69, 9.17) is 4.74 Å². The normalized spacial score (nSPS) is 11.9. The van der Waals surface area contributed by atoms with E-state index in [1.807, 2.05) is 48.7 Å². The lowest BCUT2D eigenvalue weighted by Gasteiger charge is -2.15. The van der Waals surface area contributed by atoms with Gasteiger partial charge in [0, 0.05) is 6.54 Å². The Kier molecular flexibility index (Phi) is 6.18. The van der Waals surface area contributed by atoms with Crippen LogP contribution < -0.4 is 10.1 Å². The van der Waals surface area contributed by atoms with E-state index in [2.05, 4.69) is 25.7 Å². The first kappa shape index (κ1) is 18.3. The molecule has 0 fully saturated rings. The molecule has 1 amide bonds. The molecule has 0 aliphatic carbocycles. The third-order valence-corrected chi connectivity index (χ3v) is 4.99. The number of anilines is 1. The number of nitrogens with zero attached hydrogens (tertiary/aromatic N) is 5. The van der Waals surface area contributed by atoms with E-state index in [9.17, 15) is 4.79 Å². The van der Waals surface area contributed by atoms with Gasteiger partial charge in [-0.25, -0.2) is 0 Å². The monoisotopic (exact) mass is 390 g/mol. The minimum Gasteiger partial charge on any atom is -0.483 e. The molecule has 0 bridgehead atoms. The molecule has 0 aliphatic rings. The van der Waals surface area contributed by atoms with Gasteiger partial charge in [0.25, 0.3) is 0 Å². The fraction of sp³-hybridized carbons (Fsp3) is 0.312. The third-order valence-electron chi connectivity index (χ3n) is 3.42. The van der Waals surface area contributed by atoms with Crippen LogP contribution in [0.3, 0.4) is 0 Å². The molecule has 0 saturated heterocycles. The summed E-state index contributed by atoms with van der Waals surface area (Å²) in [5.74, 6) is 1.55. The molecule has 3 rings (SSSR count). The van der Waals surface area contributed by atoms with Crippen LogP contribution in [0.4, 0.5) is 5.13 Å². The number of rotatable bonds is 8. The molecule has 1 aromatic carbocycles. The highest BCUT2D eigenvalue weighted by Crippen LogP contribution is 2.24. The maximum Gasteiger partial charge on any atom is 0.236 e. The van der Waals surface area contributed by atoms with E-state index < -0.39 is 0 Å². The van der Waals surface area contributed by atoms with Gasteiger partial charge < -0.3 is 9.30 Å². The number of benzene rings is 1. The van der Waals surface area contributed by atoms with E-state index in [-0.39, 0.29) is 17.8 Å². The summed E-state index contributed by atoms with van der Waals surface area (Å²) in [7, 11) is 0. The average Bonchev–Trinajstić information content (AvgIpc) is 3.30. The van der Waals surface area contributed by atoms with Crippen molar-refractivity contribution in [3.05, 3.63) is 41.7 Å². The van der Waals surface area contributed by atoms with Crippen LogP contribution in [0.25, 0.3) is 0 Å². The number of hydrogen-bond acceptors (Lipinski definition) is 8. The highest BCUT2D eigenvalue weighted by atomic mass is 32.2. The number of thioether (sulfide) groups is 1. The van der Waals surface area contributed by atoms with Gasteiger partial charge in [-0.1, -0.05) is 41.3 Å². The third kappa shape index (κ3) is 4.58. The minimum atomic E-state index is -0.255. The van der Waals surface area contributed by atoms with Gasteiger partial charge in [0.2, 0.25) is 11.0 Å². The molecule has 136 valence electrons. The first-order valence-corrected chi connectivity index (χ1v) is 9.87. The molecule has 26 heavy (non-hydrogen) atoms. The van der Waals surface area contributed by atoms with Crippen LogP contribution in [-0.4, -0.2) is 36.6 Å². The van der Waals surface area contributed by atoms with Crippen molar-refractivity contribution >= 4 is 34.1 Å². The van der Waals surface area contributed by atoms with Crippen LogP contribution in [0, 0.1) is 0 Å². The zero-order valence-electron chi connectivity index (χ0n) is 14.3. The Hall–Kier alpha value is -2.46. The predicted octanol–water partition coefficient (Wildman–Crippen LogP) is 3.02. The number of amides is 1. The Morgan fingerprint density at radius 1 is 1.31 bits per heavy atom. The van der Waals surface area contributed by atoms with Crippen LogP contribution in [0.1, 0.15) is 25.8 Å². The second kappa shape index (κ2) is 8.77. The Labute approximate surface area is 159 Å². The van der Waals surface area contributed by atoms with Crippen molar-refractivity contribution < 1.29 is 9.53 Å². The lowest BCUT2D eigenvalue weighted by molar-refractivity contribution is -0.113. The first-order valence-electron chi connectivity index (χ1n) is 8.01. The van der Waals surface area contributed by atoms with Crippen molar-refractivity contribution in [1.82, 2.24) is 25.0 Å². The second-order valence-electron chi connectivity index (χ2n) is 5.24. The summed E-state index contributed by atoms with van der Waals surface area (Å²) in [5.41, 5.74) is 1.57. The van der Waals surface area contributed by atoms with Gasteiger partial charge in [0.1, 0.15) is 11.3 Å². The Morgan fingerprint density at radius 3 is 2.81 bits per heavy atom. The number of carbonyl (C=O) groups excluding carboxylic acids is 1. The van der Waals surface area contributed by atoms with Crippen molar-refractivity contribution in [2.45, 2.75) is 31.7 Å². The quantitative estimate of drug-likeness (QED) is 0.591. The van der Waals surface area contributed by atoms with Crippen molar-refractivity contribution in [3.8, 4) is 5.75 Å². The molecule has 0 radical (unpaired) electrons. The molecule has 2 heterocycles. The van der Waals surface area contributed by atoms with E-state index in [1.165, 1.54) is 23.1 Å². The van der Waals surface area contributed by atoms with Gasteiger partial charge in [-0.3, -0.25) is 10.1 Å². The first-order chi connectivity index (χ1) is 12.7. The molecule has 0 aliphatic heterocycles. The topological polar surface area (TPSA) is 94.8 Å². The SMILES string of the molecule is CCn1c(SCC(=O)Nc2nncs2)nnc1[C@H](C)Oc1ccccc1. The lowest BCUT2D eigenvalue weighted by Crippen LogP contribution is -2.15. The molecular weight excluding hydrogens is 372 g/mol. The van der Waals surface area contributed by atoms with Gasteiger partial charge in [0.05, 0.1) is 5.75 Å². The number of nitrogens with one attached hydrogen (secondary N) is 1. The van der Waals surface area contributed by atoms with Gasteiger partial charge in [-0.05, 0) is 26.0 Å². The van der Waals surface area contributed by atoms with Gasteiger partial charge in [-0.15, -0.1) is 20.4 Å². The summed E-state index contributed by atoms with van der Waals surface area (Å²) in [4.78, 5) is 12.0. The van der Waals surface area contributed by atoms with Crippen molar-refractivity contribution in [2.75, 3.05) is 11.1 Å². The predicted molar refractivity (Wildman–Crippen MR) is 100 cm³/mol. The highest BCUT2D eigenvalue weighted by molar-refractivity contribution is 7.99. The van der Waals surface area contributed by atoms with Crippen LogP contribution in [0.2, 0.25) is 0 Å². The van der Waals surface area contributed by atoms with Gasteiger partial charge >= 0.3 is 0 Å². The largest absolute Gasteiger partial charge is 0.483 e. The molecule has 3 aromatic rings. The average molecular weight is 390 g/mol. The second-order valence-corrected chi connectivity index (χ2v) is 7.01. The maximum absolute atomic E-state index is 12.0. The fourth-order valence-electron chi connectivity index (χ4n) is 2.27. The fourth-order valence-corrected chi connectivity index (χ4v) is 3.54. The molecule has 0 saturated carbocycles. The van der Waals surface area contributed by atoms with E-state index >= 15 is 0 Å². The summed E-state index contributed by atoms with van der Waals surface area (Å²) < 4.78 is 7.88.